The van der Waals surface area contributed by atoms with Gasteiger partial charge in [0.25, 0.3) is 5.91 Å². The Morgan fingerprint density at radius 3 is 2.78 bits per heavy atom. The maximum Gasteiger partial charge on any atom is 0.272 e. The Labute approximate surface area is 154 Å². The van der Waals surface area contributed by atoms with Crippen LogP contribution in [0.4, 0.5) is 0 Å². The maximum absolute atomic E-state index is 12.7. The Bertz CT molecular complexity index is 1130. The summed E-state index contributed by atoms with van der Waals surface area (Å²) in [6.45, 7) is 0. The summed E-state index contributed by atoms with van der Waals surface area (Å²) in [6.07, 6.45) is 3.03. The molecule has 2 heterocycles. The van der Waals surface area contributed by atoms with Gasteiger partial charge in [0.15, 0.2) is 5.76 Å². The number of hydrazone groups is 1. The van der Waals surface area contributed by atoms with Crippen LogP contribution in [-0.2, 0) is 0 Å². The summed E-state index contributed by atoms with van der Waals surface area (Å²) in [5, 5.41) is 14.2. The molecule has 0 aliphatic carbocycles. The van der Waals surface area contributed by atoms with Gasteiger partial charge in [0.2, 0.25) is 0 Å². The molecule has 0 saturated carbocycles. The van der Waals surface area contributed by atoms with E-state index in [-0.39, 0.29) is 11.7 Å². The summed E-state index contributed by atoms with van der Waals surface area (Å²) in [5.74, 6) is 0.351. The number of para-hydroxylation sites is 1. The van der Waals surface area contributed by atoms with Crippen LogP contribution < -0.4 is 5.43 Å². The van der Waals surface area contributed by atoms with E-state index >= 15 is 0 Å². The van der Waals surface area contributed by atoms with Crippen LogP contribution in [0.15, 0.2) is 82.5 Å². The number of carbonyl (C=O) groups is 1. The second-order valence-corrected chi connectivity index (χ2v) is 5.84. The normalized spacial score (nSPS) is 11.1. The smallest absolute Gasteiger partial charge is 0.272 e. The molecule has 0 unspecified atom stereocenters. The molecule has 27 heavy (non-hydrogen) atoms. The third kappa shape index (κ3) is 3.55. The number of hydrogen-bond donors (Lipinski definition) is 2. The van der Waals surface area contributed by atoms with E-state index in [4.69, 9.17) is 4.42 Å². The topological polar surface area (TPSA) is 87.7 Å². The number of amides is 1. The van der Waals surface area contributed by atoms with Crippen molar-refractivity contribution < 1.29 is 14.3 Å². The third-order valence-corrected chi connectivity index (χ3v) is 3.98. The molecule has 0 fully saturated rings. The lowest BCUT2D eigenvalue weighted by molar-refractivity contribution is 0.0956. The van der Waals surface area contributed by atoms with Gasteiger partial charge in [-0.3, -0.25) is 4.79 Å². The number of phenolic OH excluding ortho intramolecular Hbond substituents is 1. The number of benzene rings is 2. The highest BCUT2D eigenvalue weighted by Crippen LogP contribution is 2.25. The van der Waals surface area contributed by atoms with Crippen molar-refractivity contribution in [2.75, 3.05) is 0 Å². The van der Waals surface area contributed by atoms with Gasteiger partial charge in [-0.2, -0.15) is 5.10 Å². The van der Waals surface area contributed by atoms with Crippen LogP contribution in [0, 0.1) is 0 Å². The summed E-state index contributed by atoms with van der Waals surface area (Å²) in [7, 11) is 0. The molecule has 2 aromatic carbocycles. The fourth-order valence-corrected chi connectivity index (χ4v) is 2.74. The molecule has 4 rings (SSSR count). The van der Waals surface area contributed by atoms with E-state index in [1.165, 1.54) is 6.21 Å². The first kappa shape index (κ1) is 16.5. The van der Waals surface area contributed by atoms with Gasteiger partial charge >= 0.3 is 0 Å². The van der Waals surface area contributed by atoms with Crippen LogP contribution in [0.5, 0.6) is 5.75 Å². The summed E-state index contributed by atoms with van der Waals surface area (Å²) >= 11 is 0. The molecule has 1 amide bonds. The first-order valence-electron chi connectivity index (χ1n) is 8.27. The minimum absolute atomic E-state index is 0.133. The van der Waals surface area contributed by atoms with E-state index in [0.29, 0.717) is 28.1 Å². The fraction of sp³-hybridized carbons (Fsp3) is 0. The zero-order valence-electron chi connectivity index (χ0n) is 14.2. The number of nitrogens with one attached hydrogen (secondary N) is 1. The second-order valence-electron chi connectivity index (χ2n) is 5.84. The van der Waals surface area contributed by atoms with Crippen molar-refractivity contribution in [3.8, 4) is 17.2 Å². The number of aromatic nitrogens is 1. The fourth-order valence-electron chi connectivity index (χ4n) is 2.74. The molecule has 2 N–H and O–H groups in total. The van der Waals surface area contributed by atoms with Crippen LogP contribution in [0.25, 0.3) is 22.4 Å². The van der Waals surface area contributed by atoms with Crippen molar-refractivity contribution >= 4 is 23.0 Å². The Balaban J connectivity index is 1.66. The molecular formula is C21H15N3O3. The molecule has 6 nitrogen and oxygen atoms in total. The average molecular weight is 357 g/mol. The number of nitrogens with zero attached hydrogens (tertiary/aromatic N) is 2. The van der Waals surface area contributed by atoms with Crippen LogP contribution in [-0.4, -0.2) is 22.2 Å². The minimum atomic E-state index is -0.363. The van der Waals surface area contributed by atoms with Gasteiger partial charge < -0.3 is 9.52 Å². The van der Waals surface area contributed by atoms with Crippen LogP contribution in [0.2, 0.25) is 0 Å². The van der Waals surface area contributed by atoms with Gasteiger partial charge in [0.1, 0.15) is 11.4 Å². The van der Waals surface area contributed by atoms with Gasteiger partial charge in [0, 0.05) is 5.39 Å². The molecule has 6 heteroatoms. The first-order chi connectivity index (χ1) is 13.2. The van der Waals surface area contributed by atoms with E-state index in [1.807, 2.05) is 24.3 Å². The molecule has 4 aromatic rings. The first-order valence-corrected chi connectivity index (χ1v) is 8.27. The summed E-state index contributed by atoms with van der Waals surface area (Å²) < 4.78 is 5.41. The third-order valence-electron chi connectivity index (χ3n) is 3.98. The lowest BCUT2D eigenvalue weighted by atomic mass is 10.1. The predicted molar refractivity (Wildman–Crippen MR) is 103 cm³/mol. The predicted octanol–water partition coefficient (Wildman–Crippen LogP) is 3.96. The highest BCUT2D eigenvalue weighted by atomic mass is 16.3. The molecule has 132 valence electrons. The van der Waals surface area contributed by atoms with Gasteiger partial charge in [-0.1, -0.05) is 30.3 Å². The number of phenols is 1. The number of fused-ring (bicyclic) bond motifs is 1. The van der Waals surface area contributed by atoms with Gasteiger partial charge in [-0.05, 0) is 42.0 Å². The molecule has 2 aromatic heterocycles. The average Bonchev–Trinajstić information content (AvgIpc) is 3.22. The molecular weight excluding hydrogens is 342 g/mol. The zero-order valence-corrected chi connectivity index (χ0v) is 14.2. The molecule has 0 aliphatic heterocycles. The largest absolute Gasteiger partial charge is 0.508 e. The number of furan rings is 1. The van der Waals surface area contributed by atoms with Crippen LogP contribution in [0.3, 0.4) is 0 Å². The maximum atomic E-state index is 12.7. The molecule has 0 bridgehead atoms. The van der Waals surface area contributed by atoms with Gasteiger partial charge in [-0.25, -0.2) is 10.4 Å². The van der Waals surface area contributed by atoms with Crippen molar-refractivity contribution in [3.05, 3.63) is 84.1 Å². The van der Waals surface area contributed by atoms with E-state index in [2.05, 4.69) is 15.5 Å². The Hall–Kier alpha value is -3.93. The lowest BCUT2D eigenvalue weighted by Gasteiger charge is -2.07. The summed E-state index contributed by atoms with van der Waals surface area (Å²) in [4.78, 5) is 17.3. The van der Waals surface area contributed by atoms with Crippen molar-refractivity contribution in [2.24, 2.45) is 5.10 Å². The molecule has 0 aliphatic rings. The number of rotatable bonds is 4. The summed E-state index contributed by atoms with van der Waals surface area (Å²) in [6, 6.07) is 19.2. The van der Waals surface area contributed by atoms with E-state index in [9.17, 15) is 9.90 Å². The van der Waals surface area contributed by atoms with Crippen molar-refractivity contribution in [1.29, 1.82) is 0 Å². The van der Waals surface area contributed by atoms with E-state index in [1.54, 1.807) is 48.7 Å². The van der Waals surface area contributed by atoms with Crippen molar-refractivity contribution in [3.63, 3.8) is 0 Å². The van der Waals surface area contributed by atoms with Crippen molar-refractivity contribution in [2.45, 2.75) is 0 Å². The lowest BCUT2D eigenvalue weighted by Crippen LogP contribution is -2.18. The number of pyridine rings is 1. The summed E-state index contributed by atoms with van der Waals surface area (Å²) in [5.41, 5.74) is 4.90. The van der Waals surface area contributed by atoms with Crippen molar-refractivity contribution in [1.82, 2.24) is 10.4 Å². The highest BCUT2D eigenvalue weighted by molar-refractivity contribution is 6.07. The Morgan fingerprint density at radius 2 is 1.96 bits per heavy atom. The van der Waals surface area contributed by atoms with Crippen LogP contribution >= 0.6 is 0 Å². The van der Waals surface area contributed by atoms with Gasteiger partial charge in [-0.15, -0.1) is 0 Å². The van der Waals surface area contributed by atoms with Gasteiger partial charge in [0.05, 0.1) is 23.6 Å². The Kier molecular flexibility index (Phi) is 4.37. The zero-order chi connectivity index (χ0) is 18.6. The highest BCUT2D eigenvalue weighted by Gasteiger charge is 2.14. The standard InChI is InChI=1S/C21H15N3O3/c25-15-6-3-5-14(11-15)13-22-24-21(26)17-12-19(20-9-4-10-27-20)23-18-8-2-1-7-16(17)18/h1-13,25H,(H,24,26)/b22-13-. The SMILES string of the molecule is O=C(N/N=C\c1cccc(O)c1)c1cc(-c2ccco2)nc2ccccc12. The quantitative estimate of drug-likeness (QED) is 0.427. The molecule has 0 radical (unpaired) electrons. The molecule has 0 atom stereocenters. The number of aromatic hydroxyl groups is 1. The molecule has 0 saturated heterocycles. The van der Waals surface area contributed by atoms with E-state index < -0.39 is 0 Å². The monoisotopic (exact) mass is 357 g/mol. The Morgan fingerprint density at radius 1 is 1.07 bits per heavy atom. The number of carbonyl (C=O) groups excluding carboxylic acids is 1. The van der Waals surface area contributed by atoms with Crippen LogP contribution in [0.1, 0.15) is 15.9 Å². The molecule has 0 spiro atoms. The second kappa shape index (κ2) is 7.13. The minimum Gasteiger partial charge on any atom is -0.508 e. The number of hydrogen-bond acceptors (Lipinski definition) is 5. The van der Waals surface area contributed by atoms with E-state index in [0.717, 1.165) is 5.39 Å².